The van der Waals surface area contributed by atoms with Gasteiger partial charge in [-0.25, -0.2) is 0 Å². The van der Waals surface area contributed by atoms with Gasteiger partial charge in [-0.1, -0.05) is 15.9 Å². The Morgan fingerprint density at radius 3 is 2.56 bits per heavy atom. The summed E-state index contributed by atoms with van der Waals surface area (Å²) < 4.78 is 0. The van der Waals surface area contributed by atoms with Crippen LogP contribution in [0.2, 0.25) is 0 Å². The fraction of sp³-hybridized carbons (Fsp3) is 0.500. The van der Waals surface area contributed by atoms with Gasteiger partial charge in [-0.2, -0.15) is 0 Å². The van der Waals surface area contributed by atoms with Crippen LogP contribution in [-0.4, -0.2) is 30.1 Å². The summed E-state index contributed by atoms with van der Waals surface area (Å²) in [5.41, 5.74) is 0. The highest BCUT2D eigenvalue weighted by Gasteiger charge is 1.88. The molecule has 0 spiro atoms. The molecular weight excluding hydrogens is 182 g/mol. The Hall–Kier alpha value is -0.310. The van der Waals surface area contributed by atoms with Crippen molar-refractivity contribution in [3.05, 3.63) is 12.3 Å². The fourth-order valence-electron chi connectivity index (χ4n) is 0.277. The third-order valence-corrected chi connectivity index (χ3v) is 1.24. The number of allylic oxidation sites excluding steroid dienone is 1. The Bertz CT molecular complexity index is 120. The van der Waals surface area contributed by atoms with Crippen molar-refractivity contribution >= 4 is 21.7 Å². The molecule has 52 valence electrons. The molecule has 0 aromatic rings. The molecule has 0 saturated heterocycles. The van der Waals surface area contributed by atoms with E-state index in [2.05, 4.69) is 15.9 Å². The summed E-state index contributed by atoms with van der Waals surface area (Å²) in [6, 6.07) is 0. The van der Waals surface area contributed by atoms with Crippen LogP contribution in [0.4, 0.5) is 0 Å². The van der Waals surface area contributed by atoms with E-state index in [0.717, 1.165) is 0 Å². The largest absolute Gasteiger partial charge is 0.383 e. The predicted octanol–water partition coefficient (Wildman–Crippen LogP) is 1.03. The van der Waals surface area contributed by atoms with E-state index in [-0.39, 0.29) is 5.78 Å². The molecule has 0 bridgehead atoms. The van der Waals surface area contributed by atoms with E-state index in [4.69, 9.17) is 0 Å². The molecule has 0 radical (unpaired) electrons. The van der Waals surface area contributed by atoms with Crippen molar-refractivity contribution in [2.24, 2.45) is 0 Å². The van der Waals surface area contributed by atoms with Crippen molar-refractivity contribution in [3.8, 4) is 0 Å². The van der Waals surface area contributed by atoms with Crippen molar-refractivity contribution in [1.82, 2.24) is 4.90 Å². The average molecular weight is 192 g/mol. The molecule has 0 aliphatic heterocycles. The summed E-state index contributed by atoms with van der Waals surface area (Å²) in [6.07, 6.45) is 3.26. The second-order valence-corrected chi connectivity index (χ2v) is 2.44. The lowest BCUT2D eigenvalue weighted by Crippen LogP contribution is -2.02. The van der Waals surface area contributed by atoms with Crippen LogP contribution in [0.1, 0.15) is 0 Å². The van der Waals surface area contributed by atoms with Gasteiger partial charge < -0.3 is 4.90 Å². The van der Waals surface area contributed by atoms with Crippen molar-refractivity contribution in [3.63, 3.8) is 0 Å². The van der Waals surface area contributed by atoms with Crippen LogP contribution in [-0.2, 0) is 4.79 Å². The van der Waals surface area contributed by atoms with Crippen molar-refractivity contribution in [1.29, 1.82) is 0 Å². The molecule has 0 aliphatic rings. The summed E-state index contributed by atoms with van der Waals surface area (Å²) >= 11 is 3.05. The van der Waals surface area contributed by atoms with Gasteiger partial charge in [0.1, 0.15) is 0 Å². The van der Waals surface area contributed by atoms with Crippen LogP contribution in [0.15, 0.2) is 12.3 Å². The number of halogens is 1. The number of ketones is 1. The number of carbonyl (C=O) groups is 1. The number of hydrogen-bond acceptors (Lipinski definition) is 2. The van der Waals surface area contributed by atoms with Crippen molar-refractivity contribution in [2.45, 2.75) is 0 Å². The van der Waals surface area contributed by atoms with Gasteiger partial charge in [0, 0.05) is 20.3 Å². The SMILES string of the molecule is CN(C)/C=C/C(=O)CBr. The van der Waals surface area contributed by atoms with Crippen molar-refractivity contribution in [2.75, 3.05) is 19.4 Å². The first-order chi connectivity index (χ1) is 4.16. The second-order valence-electron chi connectivity index (χ2n) is 1.88. The first-order valence-corrected chi connectivity index (χ1v) is 3.72. The minimum atomic E-state index is 0.0868. The number of alkyl halides is 1. The zero-order chi connectivity index (χ0) is 7.28. The van der Waals surface area contributed by atoms with Gasteiger partial charge >= 0.3 is 0 Å². The maximum atomic E-state index is 10.6. The fourth-order valence-corrected chi connectivity index (χ4v) is 0.464. The first-order valence-electron chi connectivity index (χ1n) is 2.60. The molecule has 0 unspecified atom stereocenters. The number of nitrogens with zero attached hydrogens (tertiary/aromatic N) is 1. The Kier molecular flexibility index (Phi) is 4.40. The highest BCUT2D eigenvalue weighted by atomic mass is 79.9. The topological polar surface area (TPSA) is 20.3 Å². The molecule has 0 N–H and O–H groups in total. The number of carbonyl (C=O) groups excluding carboxylic acids is 1. The first kappa shape index (κ1) is 8.69. The summed E-state index contributed by atoms with van der Waals surface area (Å²) in [5, 5.41) is 0.400. The normalized spacial score (nSPS) is 10.1. The van der Waals surface area contributed by atoms with E-state index in [1.165, 1.54) is 6.08 Å². The van der Waals surface area contributed by atoms with Crippen LogP contribution in [0, 0.1) is 0 Å². The number of rotatable bonds is 3. The summed E-state index contributed by atoms with van der Waals surface area (Å²) in [5.74, 6) is 0.0868. The van der Waals surface area contributed by atoms with Gasteiger partial charge in [0.05, 0.1) is 5.33 Å². The maximum absolute atomic E-state index is 10.6. The smallest absolute Gasteiger partial charge is 0.167 e. The van der Waals surface area contributed by atoms with E-state index >= 15 is 0 Å². The molecule has 2 nitrogen and oxygen atoms in total. The quantitative estimate of drug-likeness (QED) is 0.491. The highest BCUT2D eigenvalue weighted by Crippen LogP contribution is 1.85. The monoisotopic (exact) mass is 191 g/mol. The van der Waals surface area contributed by atoms with Gasteiger partial charge in [-0.15, -0.1) is 0 Å². The maximum Gasteiger partial charge on any atom is 0.167 e. The molecule has 3 heteroatoms. The summed E-state index contributed by atoms with van der Waals surface area (Å²) in [7, 11) is 3.75. The molecule has 0 rings (SSSR count). The summed E-state index contributed by atoms with van der Waals surface area (Å²) in [4.78, 5) is 12.4. The second kappa shape index (κ2) is 4.56. The van der Waals surface area contributed by atoms with Crippen LogP contribution < -0.4 is 0 Å². The molecule has 0 heterocycles. The van der Waals surface area contributed by atoms with Crippen LogP contribution in [0.5, 0.6) is 0 Å². The van der Waals surface area contributed by atoms with E-state index in [0.29, 0.717) is 5.33 Å². The third kappa shape index (κ3) is 5.56. The zero-order valence-electron chi connectivity index (χ0n) is 5.60. The Morgan fingerprint density at radius 1 is 1.67 bits per heavy atom. The highest BCUT2D eigenvalue weighted by molar-refractivity contribution is 9.09. The van der Waals surface area contributed by atoms with Crippen LogP contribution in [0.3, 0.4) is 0 Å². The Morgan fingerprint density at radius 2 is 2.22 bits per heavy atom. The molecule has 9 heavy (non-hydrogen) atoms. The molecule has 0 aliphatic carbocycles. The van der Waals surface area contributed by atoms with E-state index in [1.54, 1.807) is 6.20 Å². The van der Waals surface area contributed by atoms with Gasteiger partial charge in [0.15, 0.2) is 5.78 Å². The van der Waals surface area contributed by atoms with Gasteiger partial charge in [-0.3, -0.25) is 4.79 Å². The minimum absolute atomic E-state index is 0.0868. The third-order valence-electron chi connectivity index (χ3n) is 0.690. The molecule has 0 fully saturated rings. The van der Waals surface area contributed by atoms with Crippen LogP contribution in [0.25, 0.3) is 0 Å². The molecule has 0 amide bonds. The van der Waals surface area contributed by atoms with E-state index in [1.807, 2.05) is 19.0 Å². The molecular formula is C6H10BrNO. The average Bonchev–Trinajstić information content (AvgIpc) is 1.83. The molecule has 0 saturated carbocycles. The van der Waals surface area contributed by atoms with E-state index < -0.39 is 0 Å². The standard InChI is InChI=1S/C6H10BrNO/c1-8(2)4-3-6(9)5-7/h3-4H,5H2,1-2H3/b4-3+. The molecule has 0 aromatic carbocycles. The van der Waals surface area contributed by atoms with Gasteiger partial charge in [-0.05, 0) is 6.08 Å². The molecule has 0 atom stereocenters. The lowest BCUT2D eigenvalue weighted by molar-refractivity contribution is -0.112. The lowest BCUT2D eigenvalue weighted by atomic mass is 10.4. The predicted molar refractivity (Wildman–Crippen MR) is 41.6 cm³/mol. The van der Waals surface area contributed by atoms with Crippen molar-refractivity contribution < 1.29 is 4.79 Å². The lowest BCUT2D eigenvalue weighted by Gasteiger charge is -2.01. The Labute approximate surface area is 63.7 Å². The van der Waals surface area contributed by atoms with E-state index in [9.17, 15) is 4.79 Å². The van der Waals surface area contributed by atoms with Crippen LogP contribution >= 0.6 is 15.9 Å². The molecule has 0 aromatic heterocycles. The van der Waals surface area contributed by atoms with Gasteiger partial charge in [0.25, 0.3) is 0 Å². The zero-order valence-corrected chi connectivity index (χ0v) is 7.18. The minimum Gasteiger partial charge on any atom is -0.383 e. The van der Waals surface area contributed by atoms with Gasteiger partial charge in [0.2, 0.25) is 0 Å². The Balaban J connectivity index is 3.57. The summed E-state index contributed by atoms with van der Waals surface area (Å²) in [6.45, 7) is 0. The number of hydrogen-bond donors (Lipinski definition) is 0.